The van der Waals surface area contributed by atoms with E-state index < -0.39 is 5.97 Å². The minimum absolute atomic E-state index is 0.0252. The topological polar surface area (TPSA) is 57.6 Å². The van der Waals surface area contributed by atoms with Crippen molar-refractivity contribution >= 4 is 18.0 Å². The molecule has 1 N–H and O–H groups in total. The second-order valence-corrected chi connectivity index (χ2v) is 9.72. The highest BCUT2D eigenvalue weighted by molar-refractivity contribution is 5.87. The van der Waals surface area contributed by atoms with Gasteiger partial charge in [0.2, 0.25) is 5.91 Å². The van der Waals surface area contributed by atoms with Gasteiger partial charge in [-0.2, -0.15) is 0 Å². The first-order valence-corrected chi connectivity index (χ1v) is 10.8. The molecule has 0 aromatic heterocycles. The van der Waals surface area contributed by atoms with Crippen LogP contribution in [0.4, 0.5) is 0 Å². The summed E-state index contributed by atoms with van der Waals surface area (Å²) in [4.78, 5) is 26.6. The van der Waals surface area contributed by atoms with E-state index in [1.54, 1.807) is 12.1 Å². The summed E-state index contributed by atoms with van der Waals surface area (Å²) in [6, 6.07) is 7.04. The number of piperidine rings is 1. The summed E-state index contributed by atoms with van der Waals surface area (Å²) in [5, 5.41) is 9.01. The molecule has 1 aromatic carbocycles. The van der Waals surface area contributed by atoms with E-state index in [9.17, 15) is 9.59 Å². The van der Waals surface area contributed by atoms with Gasteiger partial charge >= 0.3 is 5.97 Å². The van der Waals surface area contributed by atoms with Crippen LogP contribution in [-0.4, -0.2) is 35.0 Å². The van der Waals surface area contributed by atoms with E-state index in [1.165, 1.54) is 24.8 Å². The SMILES string of the molecule is O=C(O)c1ccc(C=C2CCN(C(=O)C34CC5CC(CC(C5)C3)C4)CC2)cc1. The summed E-state index contributed by atoms with van der Waals surface area (Å²) >= 11 is 0. The Morgan fingerprint density at radius 1 is 0.929 bits per heavy atom. The second-order valence-electron chi connectivity index (χ2n) is 9.72. The predicted octanol–water partition coefficient (Wildman–Crippen LogP) is 4.61. The molecule has 5 fully saturated rings. The van der Waals surface area contributed by atoms with Gasteiger partial charge in [-0.05, 0) is 86.8 Å². The van der Waals surface area contributed by atoms with Gasteiger partial charge in [0, 0.05) is 13.1 Å². The Balaban J connectivity index is 1.23. The number of nitrogens with zero attached hydrogens (tertiary/aromatic N) is 1. The third-order valence-electron chi connectivity index (χ3n) is 7.71. The van der Waals surface area contributed by atoms with Crippen molar-refractivity contribution in [2.45, 2.75) is 51.4 Å². The highest BCUT2D eigenvalue weighted by Gasteiger charge is 2.55. The maximum absolute atomic E-state index is 13.5. The van der Waals surface area contributed by atoms with E-state index in [0.29, 0.717) is 11.5 Å². The number of rotatable bonds is 3. The van der Waals surface area contributed by atoms with Gasteiger partial charge in [0.05, 0.1) is 11.0 Å². The van der Waals surface area contributed by atoms with Gasteiger partial charge in [-0.3, -0.25) is 4.79 Å². The summed E-state index contributed by atoms with van der Waals surface area (Å²) in [6.45, 7) is 1.67. The van der Waals surface area contributed by atoms with Crippen LogP contribution in [0.2, 0.25) is 0 Å². The standard InChI is InChI=1S/C24H29NO3/c26-22(27)21-3-1-16(2-4-21)9-17-5-7-25(8-6-17)23(28)24-13-18-10-19(14-24)12-20(11-18)15-24/h1-4,9,18-20H,5-8,10-15H2,(H,26,27). The van der Waals surface area contributed by atoms with Crippen LogP contribution in [0.25, 0.3) is 6.08 Å². The number of carbonyl (C=O) groups is 2. The molecule has 1 amide bonds. The molecule has 0 spiro atoms. The van der Waals surface area contributed by atoms with Crippen LogP contribution < -0.4 is 0 Å². The lowest BCUT2D eigenvalue weighted by Crippen LogP contribution is -2.55. The third kappa shape index (κ3) is 3.17. The van der Waals surface area contributed by atoms with Gasteiger partial charge in [-0.1, -0.05) is 23.8 Å². The van der Waals surface area contributed by atoms with Gasteiger partial charge < -0.3 is 10.0 Å². The van der Waals surface area contributed by atoms with E-state index in [1.807, 2.05) is 12.1 Å². The minimum Gasteiger partial charge on any atom is -0.478 e. The zero-order chi connectivity index (χ0) is 19.3. The maximum Gasteiger partial charge on any atom is 0.335 e. The quantitative estimate of drug-likeness (QED) is 0.834. The van der Waals surface area contributed by atoms with Crippen molar-refractivity contribution in [1.82, 2.24) is 4.90 Å². The molecule has 0 atom stereocenters. The van der Waals surface area contributed by atoms with Crippen LogP contribution in [0.1, 0.15) is 67.3 Å². The molecule has 1 aromatic rings. The first kappa shape index (κ1) is 18.0. The smallest absolute Gasteiger partial charge is 0.335 e. The molecular formula is C24H29NO3. The zero-order valence-corrected chi connectivity index (χ0v) is 16.4. The Hall–Kier alpha value is -2.10. The van der Waals surface area contributed by atoms with E-state index in [0.717, 1.165) is 68.5 Å². The molecule has 4 nitrogen and oxygen atoms in total. The monoisotopic (exact) mass is 379 g/mol. The average Bonchev–Trinajstić information content (AvgIpc) is 2.67. The number of carboxylic acids is 1. The first-order valence-electron chi connectivity index (χ1n) is 10.8. The van der Waals surface area contributed by atoms with E-state index in [2.05, 4.69) is 11.0 Å². The summed E-state index contributed by atoms with van der Waals surface area (Å²) in [6.07, 6.45) is 11.6. The molecule has 4 aliphatic carbocycles. The van der Waals surface area contributed by atoms with E-state index in [4.69, 9.17) is 5.11 Å². The summed E-state index contributed by atoms with van der Waals surface area (Å²) < 4.78 is 0. The number of carbonyl (C=O) groups excluding carboxylic acids is 1. The van der Waals surface area contributed by atoms with Gasteiger partial charge in [0.1, 0.15) is 0 Å². The lowest BCUT2D eigenvalue weighted by atomic mass is 9.49. The van der Waals surface area contributed by atoms with Crippen LogP contribution in [0, 0.1) is 23.2 Å². The average molecular weight is 380 g/mol. The summed E-state index contributed by atoms with van der Waals surface area (Å²) in [5.74, 6) is 1.99. The van der Waals surface area contributed by atoms with Crippen molar-refractivity contribution < 1.29 is 14.7 Å². The van der Waals surface area contributed by atoms with Crippen molar-refractivity contribution in [1.29, 1.82) is 0 Å². The molecule has 28 heavy (non-hydrogen) atoms. The molecule has 4 heteroatoms. The van der Waals surface area contributed by atoms with Crippen molar-refractivity contribution in [3.63, 3.8) is 0 Å². The lowest BCUT2D eigenvalue weighted by molar-refractivity contribution is -0.158. The Bertz CT molecular complexity index is 777. The maximum atomic E-state index is 13.5. The van der Waals surface area contributed by atoms with Crippen LogP contribution in [0.3, 0.4) is 0 Å². The number of amides is 1. The fraction of sp³-hybridized carbons (Fsp3) is 0.583. The number of hydrogen-bond donors (Lipinski definition) is 1. The predicted molar refractivity (Wildman–Crippen MR) is 108 cm³/mol. The lowest BCUT2D eigenvalue weighted by Gasteiger charge is -2.56. The molecule has 6 rings (SSSR count). The highest BCUT2D eigenvalue weighted by atomic mass is 16.4. The van der Waals surface area contributed by atoms with Crippen LogP contribution in [-0.2, 0) is 4.79 Å². The van der Waals surface area contributed by atoms with Crippen LogP contribution in [0.5, 0.6) is 0 Å². The zero-order valence-electron chi connectivity index (χ0n) is 16.4. The van der Waals surface area contributed by atoms with Crippen molar-refractivity contribution in [2.75, 3.05) is 13.1 Å². The van der Waals surface area contributed by atoms with Gasteiger partial charge in [-0.15, -0.1) is 0 Å². The number of aromatic carboxylic acids is 1. The largest absolute Gasteiger partial charge is 0.478 e. The summed E-state index contributed by atoms with van der Waals surface area (Å²) in [5.41, 5.74) is 2.69. The number of benzene rings is 1. The second kappa shape index (κ2) is 6.75. The van der Waals surface area contributed by atoms with Crippen molar-refractivity contribution in [3.05, 3.63) is 41.0 Å². The Kier molecular flexibility index (Phi) is 4.33. The Morgan fingerprint density at radius 3 is 1.96 bits per heavy atom. The molecule has 4 bridgehead atoms. The van der Waals surface area contributed by atoms with Gasteiger partial charge in [0.15, 0.2) is 0 Å². The fourth-order valence-electron chi connectivity index (χ4n) is 6.81. The highest BCUT2D eigenvalue weighted by Crippen LogP contribution is 2.60. The molecule has 0 radical (unpaired) electrons. The number of carboxylic acid groups (broad SMARTS) is 1. The molecule has 0 unspecified atom stereocenters. The Labute approximate surface area is 166 Å². The summed E-state index contributed by atoms with van der Waals surface area (Å²) in [7, 11) is 0. The van der Waals surface area contributed by atoms with E-state index >= 15 is 0 Å². The molecule has 5 aliphatic rings. The molecule has 4 saturated carbocycles. The first-order chi connectivity index (χ1) is 13.5. The molecule has 1 saturated heterocycles. The van der Waals surface area contributed by atoms with Crippen molar-refractivity contribution in [2.24, 2.45) is 23.2 Å². The van der Waals surface area contributed by atoms with Crippen molar-refractivity contribution in [3.8, 4) is 0 Å². The molecular weight excluding hydrogens is 350 g/mol. The third-order valence-corrected chi connectivity index (χ3v) is 7.71. The number of likely N-dealkylation sites (tertiary alicyclic amines) is 1. The molecule has 1 aliphatic heterocycles. The van der Waals surface area contributed by atoms with E-state index in [-0.39, 0.29) is 5.41 Å². The Morgan fingerprint density at radius 2 is 1.46 bits per heavy atom. The molecule has 148 valence electrons. The van der Waals surface area contributed by atoms with Crippen LogP contribution >= 0.6 is 0 Å². The van der Waals surface area contributed by atoms with Gasteiger partial charge in [0.25, 0.3) is 0 Å². The fourth-order valence-corrected chi connectivity index (χ4v) is 6.81. The van der Waals surface area contributed by atoms with Gasteiger partial charge in [-0.25, -0.2) is 4.79 Å². The number of hydrogen-bond acceptors (Lipinski definition) is 2. The van der Waals surface area contributed by atoms with Crippen LogP contribution in [0.15, 0.2) is 29.8 Å². The normalized spacial score (nSPS) is 33.8. The molecule has 1 heterocycles. The minimum atomic E-state index is -0.893.